The van der Waals surface area contributed by atoms with Crippen LogP contribution in [0.5, 0.6) is 0 Å². The smallest absolute Gasteiger partial charge is 0.222 e. The molecule has 8 heteroatoms. The Bertz CT molecular complexity index is 1060. The molecule has 0 bridgehead atoms. The zero-order chi connectivity index (χ0) is 21.8. The number of fused-ring (bicyclic) bond motifs is 1. The summed E-state index contributed by atoms with van der Waals surface area (Å²) < 4.78 is 0. The van der Waals surface area contributed by atoms with E-state index in [-0.39, 0.29) is 5.91 Å². The zero-order valence-electron chi connectivity index (χ0n) is 17.8. The van der Waals surface area contributed by atoms with Crippen molar-refractivity contribution < 1.29 is 4.79 Å². The number of likely N-dealkylation sites (N-methyl/N-ethyl adjacent to an activating group) is 1. The molecule has 0 atom stereocenters. The molecule has 2 aromatic carbocycles. The number of aryl methyl sites for hydroxylation is 1. The van der Waals surface area contributed by atoms with Crippen molar-refractivity contribution in [3.63, 3.8) is 0 Å². The van der Waals surface area contributed by atoms with Gasteiger partial charge in [0.2, 0.25) is 5.91 Å². The third-order valence-electron chi connectivity index (χ3n) is 5.74. The average molecular weight is 420 g/mol. The van der Waals surface area contributed by atoms with Gasteiger partial charge in [0.1, 0.15) is 5.69 Å². The molecule has 162 valence electrons. The molecule has 4 rings (SSSR count). The summed E-state index contributed by atoms with van der Waals surface area (Å²) in [5, 5.41) is 9.71. The predicted octanol–water partition coefficient (Wildman–Crippen LogP) is 1.91. The van der Waals surface area contributed by atoms with E-state index in [0.717, 1.165) is 48.3 Å². The molecule has 5 N–H and O–H groups in total. The molecule has 0 radical (unpaired) electrons. The number of nitrogens with zero attached hydrogens (tertiary/aromatic N) is 4. The van der Waals surface area contributed by atoms with E-state index in [2.05, 4.69) is 22.1 Å². The van der Waals surface area contributed by atoms with Crippen LogP contribution < -0.4 is 16.6 Å². The Morgan fingerprint density at radius 2 is 1.84 bits per heavy atom. The molecule has 0 spiro atoms. The summed E-state index contributed by atoms with van der Waals surface area (Å²) in [6, 6.07) is 15.7. The molecule has 0 unspecified atom stereocenters. The number of amides is 1. The van der Waals surface area contributed by atoms with Crippen LogP contribution in [0, 0.1) is 0 Å². The van der Waals surface area contributed by atoms with Crippen LogP contribution in [0.1, 0.15) is 17.7 Å². The van der Waals surface area contributed by atoms with Crippen molar-refractivity contribution in [3.05, 3.63) is 66.0 Å². The van der Waals surface area contributed by atoms with Crippen LogP contribution in [0.2, 0.25) is 0 Å². The number of H-pyrrole nitrogens is 1. The van der Waals surface area contributed by atoms with Crippen molar-refractivity contribution in [2.45, 2.75) is 12.8 Å². The van der Waals surface area contributed by atoms with Crippen LogP contribution >= 0.6 is 0 Å². The molecule has 1 aliphatic rings. The maximum Gasteiger partial charge on any atom is 0.222 e. The number of piperazine rings is 1. The minimum atomic E-state index is 0.222. The summed E-state index contributed by atoms with van der Waals surface area (Å²) in [4.78, 5) is 16.6. The molecule has 8 nitrogen and oxygen atoms in total. The van der Waals surface area contributed by atoms with Gasteiger partial charge >= 0.3 is 0 Å². The Kier molecular flexibility index (Phi) is 6.20. The molecule has 1 saturated heterocycles. The number of anilines is 1. The van der Waals surface area contributed by atoms with E-state index in [0.29, 0.717) is 24.2 Å². The second-order valence-corrected chi connectivity index (χ2v) is 7.96. The van der Waals surface area contributed by atoms with Gasteiger partial charge in [0, 0.05) is 44.2 Å². The Morgan fingerprint density at radius 3 is 2.58 bits per heavy atom. The number of benzene rings is 2. The maximum absolute atomic E-state index is 12.4. The molecule has 3 aromatic rings. The Hall–Kier alpha value is -3.36. The van der Waals surface area contributed by atoms with Crippen LogP contribution in [-0.2, 0) is 11.2 Å². The van der Waals surface area contributed by atoms with Crippen LogP contribution in [0.3, 0.4) is 0 Å². The third-order valence-corrected chi connectivity index (χ3v) is 5.74. The number of carbonyl (C=O) groups excluding carboxylic acids is 1. The molecular weight excluding hydrogens is 390 g/mol. The lowest BCUT2D eigenvalue weighted by Gasteiger charge is -2.32. The van der Waals surface area contributed by atoms with Gasteiger partial charge in [-0.3, -0.25) is 14.9 Å². The fourth-order valence-corrected chi connectivity index (χ4v) is 3.77. The molecule has 0 saturated carbocycles. The second-order valence-electron chi connectivity index (χ2n) is 7.96. The van der Waals surface area contributed by atoms with Crippen molar-refractivity contribution >= 4 is 28.2 Å². The number of aromatic nitrogens is 2. The molecule has 1 fully saturated rings. The van der Waals surface area contributed by atoms with Gasteiger partial charge in [-0.15, -0.1) is 0 Å². The number of para-hydroxylation sites is 1. The van der Waals surface area contributed by atoms with Crippen LogP contribution in [-0.4, -0.2) is 59.1 Å². The number of nitrogens with two attached hydrogens (primary N) is 2. The number of hydrogen-bond donors (Lipinski definition) is 3. The summed E-state index contributed by atoms with van der Waals surface area (Å²) in [5.41, 5.74) is 10.2. The van der Waals surface area contributed by atoms with Crippen molar-refractivity contribution in [1.82, 2.24) is 20.0 Å². The van der Waals surface area contributed by atoms with Gasteiger partial charge < -0.3 is 15.5 Å². The fourth-order valence-electron chi connectivity index (χ4n) is 3.77. The van der Waals surface area contributed by atoms with Crippen molar-refractivity contribution in [2.75, 3.05) is 38.2 Å². The van der Waals surface area contributed by atoms with Gasteiger partial charge in [-0.1, -0.05) is 30.3 Å². The zero-order valence-corrected chi connectivity index (χ0v) is 17.8. The first-order valence-electron chi connectivity index (χ1n) is 10.5. The topological polar surface area (TPSA) is 108 Å². The van der Waals surface area contributed by atoms with E-state index in [1.807, 2.05) is 53.4 Å². The Labute approximate surface area is 182 Å². The minimum absolute atomic E-state index is 0.222. The van der Waals surface area contributed by atoms with Crippen LogP contribution in [0.25, 0.3) is 16.6 Å². The third kappa shape index (κ3) is 4.87. The number of rotatable bonds is 6. The summed E-state index contributed by atoms with van der Waals surface area (Å²) in [6.45, 7) is 3.51. The lowest BCUT2D eigenvalue weighted by atomic mass is 10.1. The highest BCUT2D eigenvalue weighted by Crippen LogP contribution is 2.21. The first-order valence-corrected chi connectivity index (χ1v) is 10.5. The number of aromatic amines is 1. The van der Waals surface area contributed by atoms with E-state index in [1.165, 1.54) is 5.01 Å². The first kappa shape index (κ1) is 20.9. The van der Waals surface area contributed by atoms with E-state index in [4.69, 9.17) is 11.6 Å². The van der Waals surface area contributed by atoms with Gasteiger partial charge in [0.05, 0.1) is 16.9 Å². The lowest BCUT2D eigenvalue weighted by Crippen LogP contribution is -2.47. The van der Waals surface area contributed by atoms with E-state index in [9.17, 15) is 4.79 Å². The molecule has 1 amide bonds. The highest BCUT2D eigenvalue weighted by Gasteiger charge is 2.18. The molecule has 31 heavy (non-hydrogen) atoms. The normalized spacial score (nSPS) is 15.4. The van der Waals surface area contributed by atoms with Crippen LogP contribution in [0.15, 0.2) is 54.7 Å². The predicted molar refractivity (Wildman–Crippen MR) is 124 cm³/mol. The molecule has 2 heterocycles. The average Bonchev–Trinajstić information content (AvgIpc) is 3.22. The van der Waals surface area contributed by atoms with Gasteiger partial charge in [-0.05, 0) is 37.2 Å². The van der Waals surface area contributed by atoms with Gasteiger partial charge in [-0.2, -0.15) is 5.10 Å². The monoisotopic (exact) mass is 419 g/mol. The second kappa shape index (κ2) is 9.20. The SMILES string of the molecule is CN1CCN(C(=O)CCc2ccc(N(N)/C=C(\N)c3n[nH]c4ccccc34)cc2)CC1. The van der Waals surface area contributed by atoms with Crippen molar-refractivity contribution in [2.24, 2.45) is 11.6 Å². The highest BCUT2D eigenvalue weighted by atomic mass is 16.2. The standard InChI is InChI=1S/C23H29N7O/c1-28-12-14-29(15-13-28)22(31)11-8-17-6-9-18(10-7-17)30(25)16-20(24)23-19-4-2-3-5-21(19)26-27-23/h2-7,9-10,16H,8,11-15,24-25H2,1H3,(H,26,27)/b20-16-. The summed E-state index contributed by atoms with van der Waals surface area (Å²) in [7, 11) is 2.09. The summed E-state index contributed by atoms with van der Waals surface area (Å²) >= 11 is 0. The van der Waals surface area contributed by atoms with E-state index in [1.54, 1.807) is 6.20 Å². The van der Waals surface area contributed by atoms with E-state index >= 15 is 0 Å². The Balaban J connectivity index is 1.36. The number of hydrazine groups is 1. The number of carbonyl (C=O) groups is 1. The lowest BCUT2D eigenvalue weighted by molar-refractivity contribution is -0.132. The van der Waals surface area contributed by atoms with Gasteiger partial charge in [0.15, 0.2) is 0 Å². The maximum atomic E-state index is 12.4. The number of nitrogens with one attached hydrogen (secondary N) is 1. The summed E-state index contributed by atoms with van der Waals surface area (Å²) in [6.07, 6.45) is 2.90. The highest BCUT2D eigenvalue weighted by molar-refractivity contribution is 5.89. The largest absolute Gasteiger partial charge is 0.396 e. The molecule has 1 aliphatic heterocycles. The first-order chi connectivity index (χ1) is 15.0. The molecule has 0 aliphatic carbocycles. The van der Waals surface area contributed by atoms with Crippen LogP contribution in [0.4, 0.5) is 5.69 Å². The number of hydrogen-bond acceptors (Lipinski definition) is 6. The molecular formula is C23H29N7O. The van der Waals surface area contributed by atoms with Gasteiger partial charge in [-0.25, -0.2) is 5.84 Å². The Morgan fingerprint density at radius 1 is 1.13 bits per heavy atom. The van der Waals surface area contributed by atoms with Crippen molar-refractivity contribution in [3.8, 4) is 0 Å². The van der Waals surface area contributed by atoms with Crippen molar-refractivity contribution in [1.29, 1.82) is 0 Å². The van der Waals surface area contributed by atoms with E-state index < -0.39 is 0 Å². The minimum Gasteiger partial charge on any atom is -0.396 e. The fraction of sp³-hybridized carbons (Fsp3) is 0.304. The summed E-state index contributed by atoms with van der Waals surface area (Å²) in [5.74, 6) is 6.42. The van der Waals surface area contributed by atoms with Gasteiger partial charge in [0.25, 0.3) is 0 Å². The molecule has 1 aromatic heterocycles. The quantitative estimate of drug-likeness (QED) is 0.416.